The lowest BCUT2D eigenvalue weighted by Gasteiger charge is -2.31. The van der Waals surface area contributed by atoms with Crippen LogP contribution in [-0.4, -0.2) is 58.1 Å². The third-order valence-corrected chi connectivity index (χ3v) is 7.27. The summed E-state index contributed by atoms with van der Waals surface area (Å²) in [6, 6.07) is 11.1. The predicted molar refractivity (Wildman–Crippen MR) is 124 cm³/mol. The Bertz CT molecular complexity index is 1020. The van der Waals surface area contributed by atoms with E-state index in [9.17, 15) is 13.2 Å². The molecule has 1 aliphatic heterocycles. The monoisotopic (exact) mass is 466 g/mol. The fourth-order valence-corrected chi connectivity index (χ4v) is 5.09. The van der Waals surface area contributed by atoms with Gasteiger partial charge in [0.1, 0.15) is 0 Å². The molecule has 0 unspecified atom stereocenters. The molecule has 0 spiro atoms. The number of sulfonamides is 1. The van der Waals surface area contributed by atoms with Crippen LogP contribution in [0, 0.1) is 0 Å². The average molecular weight is 467 g/mol. The van der Waals surface area contributed by atoms with Crippen LogP contribution in [0.5, 0.6) is 0 Å². The fourth-order valence-electron chi connectivity index (χ4n) is 3.42. The van der Waals surface area contributed by atoms with Gasteiger partial charge in [-0.2, -0.15) is 4.31 Å². The average Bonchev–Trinajstić information content (AvgIpc) is 2.75. The second-order valence-electron chi connectivity index (χ2n) is 6.96. The summed E-state index contributed by atoms with van der Waals surface area (Å²) in [5.74, 6) is 0. The normalized spacial score (nSPS) is 14.5. The Labute approximate surface area is 188 Å². The summed E-state index contributed by atoms with van der Waals surface area (Å²) in [6.07, 6.45) is 0. The van der Waals surface area contributed by atoms with E-state index in [4.69, 9.17) is 16.3 Å². The second kappa shape index (κ2) is 10.3. The van der Waals surface area contributed by atoms with Crippen molar-refractivity contribution in [1.82, 2.24) is 4.31 Å². The van der Waals surface area contributed by atoms with Crippen molar-refractivity contribution in [1.29, 1.82) is 0 Å². The number of rotatable bonds is 7. The molecule has 8 nitrogen and oxygen atoms in total. The Morgan fingerprint density at radius 1 is 1.10 bits per heavy atom. The summed E-state index contributed by atoms with van der Waals surface area (Å²) >= 11 is 5.98. The van der Waals surface area contributed by atoms with Gasteiger partial charge in [-0.05, 0) is 36.4 Å². The van der Waals surface area contributed by atoms with E-state index >= 15 is 0 Å². The minimum Gasteiger partial charge on any atom is -0.378 e. The van der Waals surface area contributed by atoms with Crippen LogP contribution in [-0.2, 0) is 14.8 Å². The first kappa shape index (κ1) is 23.3. The lowest BCUT2D eigenvalue weighted by Crippen LogP contribution is -2.37. The number of carbonyl (C=O) groups excluding carboxylic acids is 1. The molecule has 0 bridgehead atoms. The molecule has 2 aromatic carbocycles. The van der Waals surface area contributed by atoms with E-state index < -0.39 is 16.1 Å². The number of nitrogens with zero attached hydrogens (tertiary/aromatic N) is 2. The van der Waals surface area contributed by atoms with Crippen molar-refractivity contribution in [2.75, 3.05) is 54.9 Å². The summed E-state index contributed by atoms with van der Waals surface area (Å²) in [5.41, 5.74) is 1.68. The molecule has 10 heteroatoms. The molecule has 0 radical (unpaired) electrons. The molecule has 1 saturated heterocycles. The van der Waals surface area contributed by atoms with Crippen molar-refractivity contribution >= 4 is 44.7 Å². The maximum Gasteiger partial charge on any atom is 0.323 e. The Morgan fingerprint density at radius 2 is 1.81 bits per heavy atom. The highest BCUT2D eigenvalue weighted by Crippen LogP contribution is 2.31. The number of benzene rings is 2. The summed E-state index contributed by atoms with van der Waals surface area (Å²) in [6.45, 7) is 6.73. The van der Waals surface area contributed by atoms with Gasteiger partial charge in [-0.1, -0.05) is 31.5 Å². The van der Waals surface area contributed by atoms with Gasteiger partial charge in [0.2, 0.25) is 10.0 Å². The number of halogens is 1. The van der Waals surface area contributed by atoms with Crippen molar-refractivity contribution in [2.45, 2.75) is 18.7 Å². The van der Waals surface area contributed by atoms with E-state index in [1.807, 2.05) is 0 Å². The third-order valence-electron chi connectivity index (χ3n) is 4.99. The number of morpholine rings is 1. The number of amides is 2. The maximum absolute atomic E-state index is 13.0. The Hall–Kier alpha value is -2.33. The number of nitrogens with one attached hydrogen (secondary N) is 2. The summed E-state index contributed by atoms with van der Waals surface area (Å²) in [4.78, 5) is 14.9. The highest BCUT2D eigenvalue weighted by atomic mass is 35.5. The van der Waals surface area contributed by atoms with E-state index in [1.54, 1.807) is 50.2 Å². The van der Waals surface area contributed by atoms with E-state index in [1.165, 1.54) is 10.4 Å². The van der Waals surface area contributed by atoms with E-state index in [-0.39, 0.29) is 4.90 Å². The first-order valence-electron chi connectivity index (χ1n) is 10.2. The van der Waals surface area contributed by atoms with Gasteiger partial charge in [-0.25, -0.2) is 13.2 Å². The van der Waals surface area contributed by atoms with Crippen molar-refractivity contribution in [3.8, 4) is 0 Å². The first-order chi connectivity index (χ1) is 14.8. The lowest BCUT2D eigenvalue weighted by molar-refractivity contribution is 0.123. The van der Waals surface area contributed by atoms with Crippen LogP contribution in [0.3, 0.4) is 0 Å². The van der Waals surface area contributed by atoms with Crippen molar-refractivity contribution in [2.24, 2.45) is 0 Å². The largest absolute Gasteiger partial charge is 0.378 e. The summed E-state index contributed by atoms with van der Waals surface area (Å²) in [7, 11) is -3.67. The smallest absolute Gasteiger partial charge is 0.323 e. The maximum atomic E-state index is 13.0. The molecule has 1 fully saturated rings. The number of carbonyl (C=O) groups is 1. The molecule has 3 rings (SSSR count). The topological polar surface area (TPSA) is 91.0 Å². The number of hydrogen-bond acceptors (Lipinski definition) is 5. The van der Waals surface area contributed by atoms with Crippen molar-refractivity contribution < 1.29 is 17.9 Å². The molecule has 0 saturated carbocycles. The van der Waals surface area contributed by atoms with Gasteiger partial charge in [0.05, 0.1) is 29.5 Å². The lowest BCUT2D eigenvalue weighted by atomic mass is 10.2. The first-order valence-corrected chi connectivity index (χ1v) is 12.0. The predicted octanol–water partition coefficient (Wildman–Crippen LogP) is 3.85. The summed E-state index contributed by atoms with van der Waals surface area (Å²) < 4.78 is 32.8. The molecular weight excluding hydrogens is 440 g/mol. The molecular formula is C21H27ClN4O4S. The number of anilines is 3. The summed E-state index contributed by atoms with van der Waals surface area (Å²) in [5, 5.41) is 6.03. The van der Waals surface area contributed by atoms with Crippen LogP contribution in [0.4, 0.5) is 21.9 Å². The van der Waals surface area contributed by atoms with Crippen LogP contribution in [0.1, 0.15) is 13.8 Å². The molecule has 0 aromatic heterocycles. The zero-order valence-corrected chi connectivity index (χ0v) is 19.2. The number of urea groups is 1. The highest BCUT2D eigenvalue weighted by molar-refractivity contribution is 7.89. The van der Waals surface area contributed by atoms with Crippen LogP contribution in [0.2, 0.25) is 5.02 Å². The zero-order valence-electron chi connectivity index (χ0n) is 17.6. The molecule has 168 valence electrons. The number of hydrogen-bond donors (Lipinski definition) is 2. The number of ether oxygens (including phenoxy) is 1. The highest BCUT2D eigenvalue weighted by Gasteiger charge is 2.24. The van der Waals surface area contributed by atoms with E-state index in [0.717, 1.165) is 5.69 Å². The molecule has 31 heavy (non-hydrogen) atoms. The van der Waals surface area contributed by atoms with Gasteiger partial charge in [-0.15, -0.1) is 0 Å². The Balaban J connectivity index is 1.92. The Morgan fingerprint density at radius 3 is 2.45 bits per heavy atom. The van der Waals surface area contributed by atoms with Gasteiger partial charge in [-0.3, -0.25) is 0 Å². The molecule has 0 aliphatic carbocycles. The SMILES string of the molecule is CCN(CC)S(=O)(=O)c1ccc(N2CCOCC2)c(NC(=O)Nc2cccc(Cl)c2)c1. The Kier molecular flexibility index (Phi) is 7.77. The molecule has 2 N–H and O–H groups in total. The quantitative estimate of drug-likeness (QED) is 0.646. The van der Waals surface area contributed by atoms with Crippen LogP contribution in [0.15, 0.2) is 47.4 Å². The molecule has 1 aliphatic rings. The van der Waals surface area contributed by atoms with Crippen molar-refractivity contribution in [3.63, 3.8) is 0 Å². The van der Waals surface area contributed by atoms with Gasteiger partial charge in [0, 0.05) is 36.9 Å². The molecule has 1 heterocycles. The van der Waals surface area contributed by atoms with Crippen molar-refractivity contribution in [3.05, 3.63) is 47.5 Å². The van der Waals surface area contributed by atoms with Crippen LogP contribution >= 0.6 is 11.6 Å². The molecule has 2 amide bonds. The third kappa shape index (κ3) is 5.68. The zero-order chi connectivity index (χ0) is 22.4. The van der Waals surface area contributed by atoms with Gasteiger partial charge in [0.25, 0.3) is 0 Å². The van der Waals surface area contributed by atoms with Gasteiger partial charge in [0.15, 0.2) is 0 Å². The molecule has 2 aromatic rings. The fraction of sp³-hybridized carbons (Fsp3) is 0.381. The standard InChI is InChI=1S/C21H27ClN4O4S/c1-3-26(4-2)31(28,29)18-8-9-20(25-10-12-30-13-11-25)19(15-18)24-21(27)23-17-7-5-6-16(22)14-17/h5-9,14-15H,3-4,10-13H2,1-2H3,(H2,23,24,27). The minimum absolute atomic E-state index is 0.131. The van der Waals surface area contributed by atoms with Gasteiger partial charge < -0.3 is 20.3 Å². The van der Waals surface area contributed by atoms with E-state index in [2.05, 4.69) is 15.5 Å². The van der Waals surface area contributed by atoms with Crippen LogP contribution in [0.25, 0.3) is 0 Å². The van der Waals surface area contributed by atoms with Crippen LogP contribution < -0.4 is 15.5 Å². The van der Waals surface area contributed by atoms with E-state index in [0.29, 0.717) is 55.8 Å². The molecule has 0 atom stereocenters. The second-order valence-corrected chi connectivity index (χ2v) is 9.33. The van der Waals surface area contributed by atoms with Gasteiger partial charge >= 0.3 is 6.03 Å². The minimum atomic E-state index is -3.67.